The number of hydrogen-bond acceptors (Lipinski definition) is 2. The molecule has 0 bridgehead atoms. The molecule has 0 amide bonds. The lowest BCUT2D eigenvalue weighted by atomic mass is 9.94. The van der Waals surface area contributed by atoms with Crippen LogP contribution >= 0.6 is 0 Å². The Morgan fingerprint density at radius 3 is 2.33 bits per heavy atom. The van der Waals surface area contributed by atoms with Crippen LogP contribution in [0.5, 0.6) is 0 Å². The van der Waals surface area contributed by atoms with E-state index >= 15 is 0 Å². The van der Waals surface area contributed by atoms with Crippen molar-refractivity contribution in [2.45, 2.75) is 65.3 Å². The van der Waals surface area contributed by atoms with Gasteiger partial charge in [0.1, 0.15) is 0 Å². The number of nitrogens with two attached hydrogens (primary N) is 1. The first-order valence-electron chi connectivity index (χ1n) is 7.51. The predicted molar refractivity (Wildman–Crippen MR) is 82.8 cm³/mol. The average molecular weight is 254 g/mol. The molecule has 0 saturated heterocycles. The van der Waals surface area contributed by atoms with Crippen LogP contribution in [-0.2, 0) is 0 Å². The summed E-state index contributed by atoms with van der Waals surface area (Å²) in [7, 11) is 0. The first-order chi connectivity index (χ1) is 8.45. The van der Waals surface area contributed by atoms with Crippen molar-refractivity contribution in [1.82, 2.24) is 4.90 Å². The third-order valence-electron chi connectivity index (χ3n) is 3.61. The summed E-state index contributed by atoms with van der Waals surface area (Å²) in [6.07, 6.45) is 8.39. The lowest BCUT2D eigenvalue weighted by Gasteiger charge is -2.35. The van der Waals surface area contributed by atoms with E-state index in [1.54, 1.807) is 0 Å². The molecule has 0 aromatic heterocycles. The summed E-state index contributed by atoms with van der Waals surface area (Å²) in [5, 5.41) is 0. The van der Waals surface area contributed by atoms with Crippen molar-refractivity contribution in [2.24, 2.45) is 11.7 Å². The zero-order chi connectivity index (χ0) is 14.0. The Bertz CT molecular complexity index is 200. The second kappa shape index (κ2) is 9.57. The second-order valence-electron chi connectivity index (χ2n) is 6.28. The van der Waals surface area contributed by atoms with E-state index in [0.717, 1.165) is 19.0 Å². The van der Waals surface area contributed by atoms with Gasteiger partial charge in [-0.3, -0.25) is 4.90 Å². The smallest absolute Gasteiger partial charge is 0.0165 e. The molecule has 2 nitrogen and oxygen atoms in total. The van der Waals surface area contributed by atoms with E-state index in [2.05, 4.69) is 39.2 Å². The molecule has 0 aliphatic heterocycles. The molecule has 1 unspecified atom stereocenters. The minimum Gasteiger partial charge on any atom is -0.330 e. The zero-order valence-corrected chi connectivity index (χ0v) is 13.0. The van der Waals surface area contributed by atoms with Crippen molar-refractivity contribution in [3.8, 4) is 0 Å². The van der Waals surface area contributed by atoms with Crippen LogP contribution in [-0.4, -0.2) is 30.1 Å². The third kappa shape index (κ3) is 7.88. The molecule has 18 heavy (non-hydrogen) atoms. The van der Waals surface area contributed by atoms with Gasteiger partial charge >= 0.3 is 0 Å². The minimum absolute atomic E-state index is 0.238. The fourth-order valence-electron chi connectivity index (χ4n) is 2.50. The Balaban J connectivity index is 4.06. The predicted octanol–water partition coefficient (Wildman–Crippen LogP) is 3.82. The Morgan fingerprint density at radius 2 is 1.89 bits per heavy atom. The molecule has 0 aliphatic rings. The summed E-state index contributed by atoms with van der Waals surface area (Å²) in [6, 6.07) is 0. The molecule has 0 heterocycles. The van der Waals surface area contributed by atoms with Gasteiger partial charge in [-0.05, 0) is 59.0 Å². The van der Waals surface area contributed by atoms with Gasteiger partial charge in [-0.25, -0.2) is 0 Å². The van der Waals surface area contributed by atoms with Gasteiger partial charge in [0.15, 0.2) is 0 Å². The van der Waals surface area contributed by atoms with Gasteiger partial charge < -0.3 is 5.73 Å². The zero-order valence-electron chi connectivity index (χ0n) is 13.0. The quantitative estimate of drug-likeness (QED) is 0.601. The summed E-state index contributed by atoms with van der Waals surface area (Å²) in [6.45, 7) is 15.9. The van der Waals surface area contributed by atoms with Gasteiger partial charge in [-0.1, -0.05) is 25.8 Å². The van der Waals surface area contributed by atoms with Crippen molar-refractivity contribution >= 4 is 0 Å². The molecule has 0 radical (unpaired) electrons. The van der Waals surface area contributed by atoms with Crippen molar-refractivity contribution in [2.75, 3.05) is 19.6 Å². The molecule has 1 atom stereocenters. The van der Waals surface area contributed by atoms with Gasteiger partial charge in [0.2, 0.25) is 0 Å². The van der Waals surface area contributed by atoms with Crippen LogP contribution in [0.25, 0.3) is 0 Å². The standard InChI is InChI=1S/C16H34N2/c1-6-9-15(11-12-17)10-8-14-18(13-7-2)16(3,4)5/h7,15H,2,6,8-14,17H2,1,3-5H3. The molecule has 0 spiro atoms. The van der Waals surface area contributed by atoms with Crippen LogP contribution in [0.3, 0.4) is 0 Å². The van der Waals surface area contributed by atoms with E-state index in [1.807, 2.05) is 6.08 Å². The maximum Gasteiger partial charge on any atom is 0.0165 e. The van der Waals surface area contributed by atoms with E-state index < -0.39 is 0 Å². The largest absolute Gasteiger partial charge is 0.330 e. The first kappa shape index (κ1) is 17.7. The SMILES string of the molecule is C=CCN(CCCC(CCC)CCN)C(C)(C)C. The van der Waals surface area contributed by atoms with Crippen LogP contribution in [0, 0.1) is 5.92 Å². The third-order valence-corrected chi connectivity index (χ3v) is 3.61. The number of hydrogen-bond donors (Lipinski definition) is 1. The lowest BCUT2D eigenvalue weighted by molar-refractivity contribution is 0.147. The Labute approximate surface area is 115 Å². The van der Waals surface area contributed by atoms with E-state index in [4.69, 9.17) is 5.73 Å². The van der Waals surface area contributed by atoms with Crippen molar-refractivity contribution < 1.29 is 0 Å². The molecule has 0 rings (SSSR count). The Hall–Kier alpha value is -0.340. The van der Waals surface area contributed by atoms with Crippen molar-refractivity contribution in [1.29, 1.82) is 0 Å². The molecule has 0 saturated carbocycles. The molecule has 0 aliphatic carbocycles. The van der Waals surface area contributed by atoms with E-state index in [9.17, 15) is 0 Å². The van der Waals surface area contributed by atoms with Crippen LogP contribution in [0.2, 0.25) is 0 Å². The van der Waals surface area contributed by atoms with Crippen molar-refractivity contribution in [3.63, 3.8) is 0 Å². The maximum atomic E-state index is 5.68. The highest BCUT2D eigenvalue weighted by Crippen LogP contribution is 2.19. The molecular weight excluding hydrogens is 220 g/mol. The molecule has 0 fully saturated rings. The lowest BCUT2D eigenvalue weighted by Crippen LogP contribution is -2.42. The van der Waals surface area contributed by atoms with Crippen LogP contribution < -0.4 is 5.73 Å². The topological polar surface area (TPSA) is 29.3 Å². The van der Waals surface area contributed by atoms with Gasteiger partial charge in [-0.2, -0.15) is 0 Å². The monoisotopic (exact) mass is 254 g/mol. The van der Waals surface area contributed by atoms with E-state index in [-0.39, 0.29) is 5.54 Å². The Kier molecular flexibility index (Phi) is 9.39. The van der Waals surface area contributed by atoms with Crippen LogP contribution in [0.15, 0.2) is 12.7 Å². The minimum atomic E-state index is 0.238. The number of nitrogens with zero attached hydrogens (tertiary/aromatic N) is 1. The van der Waals surface area contributed by atoms with Gasteiger partial charge in [0.05, 0.1) is 0 Å². The molecule has 0 aromatic rings. The highest BCUT2D eigenvalue weighted by Gasteiger charge is 2.19. The summed E-state index contributed by atoms with van der Waals surface area (Å²) < 4.78 is 0. The van der Waals surface area contributed by atoms with Gasteiger partial charge in [0, 0.05) is 12.1 Å². The highest BCUT2D eigenvalue weighted by molar-refractivity contribution is 4.82. The first-order valence-corrected chi connectivity index (χ1v) is 7.51. The molecule has 108 valence electrons. The summed E-state index contributed by atoms with van der Waals surface area (Å²) in [5.41, 5.74) is 5.92. The summed E-state index contributed by atoms with van der Waals surface area (Å²) in [5.74, 6) is 0.825. The molecule has 0 aromatic carbocycles. The van der Waals surface area contributed by atoms with E-state index in [1.165, 1.54) is 38.6 Å². The van der Waals surface area contributed by atoms with Crippen LogP contribution in [0.1, 0.15) is 59.8 Å². The molecular formula is C16H34N2. The fraction of sp³-hybridized carbons (Fsp3) is 0.875. The van der Waals surface area contributed by atoms with Crippen LogP contribution in [0.4, 0.5) is 0 Å². The van der Waals surface area contributed by atoms with E-state index in [0.29, 0.717) is 0 Å². The normalized spacial score (nSPS) is 13.9. The molecule has 2 heteroatoms. The second-order valence-corrected chi connectivity index (χ2v) is 6.28. The molecule has 2 N–H and O–H groups in total. The fourth-order valence-corrected chi connectivity index (χ4v) is 2.50. The van der Waals surface area contributed by atoms with Crippen molar-refractivity contribution in [3.05, 3.63) is 12.7 Å². The van der Waals surface area contributed by atoms with Gasteiger partial charge in [-0.15, -0.1) is 6.58 Å². The highest BCUT2D eigenvalue weighted by atomic mass is 15.2. The Morgan fingerprint density at radius 1 is 1.22 bits per heavy atom. The average Bonchev–Trinajstić information content (AvgIpc) is 2.27. The summed E-state index contributed by atoms with van der Waals surface area (Å²) in [4.78, 5) is 2.51. The number of rotatable bonds is 10. The summed E-state index contributed by atoms with van der Waals surface area (Å²) >= 11 is 0. The maximum absolute atomic E-state index is 5.68. The van der Waals surface area contributed by atoms with Gasteiger partial charge in [0.25, 0.3) is 0 Å².